The van der Waals surface area contributed by atoms with Gasteiger partial charge in [0, 0.05) is 19.3 Å². The quantitative estimate of drug-likeness (QED) is 0.0914. The Labute approximate surface area is 190 Å². The standard InChI is InChI=1S/C28H56NO/c1-5-6-7-8-9-10-11-12-13-14-15-16-17-18-19-20-21-22-23-25-28(30)26-24-27-29(2,3)4/h12-13H,5-11,14-27H2,1-4H3/q+1/b13-12-. The van der Waals surface area contributed by atoms with Crippen molar-refractivity contribution in [2.75, 3.05) is 27.7 Å². The van der Waals surface area contributed by atoms with Gasteiger partial charge in [-0.15, -0.1) is 0 Å². The lowest BCUT2D eigenvalue weighted by Gasteiger charge is -2.23. The Hall–Kier alpha value is -0.630. The van der Waals surface area contributed by atoms with Crippen molar-refractivity contribution in [3.8, 4) is 0 Å². The summed E-state index contributed by atoms with van der Waals surface area (Å²) in [4.78, 5) is 11.9. The predicted octanol–water partition coefficient (Wildman–Crippen LogP) is 8.64. The first-order chi connectivity index (χ1) is 14.5. The first kappa shape index (κ1) is 29.4. The molecule has 0 saturated carbocycles. The monoisotopic (exact) mass is 422 g/mol. The molecule has 2 nitrogen and oxygen atoms in total. The Bertz CT molecular complexity index is 394. The fraction of sp³-hybridized carbons (Fsp3) is 0.893. The Morgan fingerprint density at radius 3 is 1.43 bits per heavy atom. The summed E-state index contributed by atoms with van der Waals surface area (Å²) < 4.78 is 0.962. The summed E-state index contributed by atoms with van der Waals surface area (Å²) in [7, 11) is 6.58. The summed E-state index contributed by atoms with van der Waals surface area (Å²) in [6.45, 7) is 3.38. The van der Waals surface area contributed by atoms with Crippen LogP contribution in [-0.2, 0) is 4.79 Å². The van der Waals surface area contributed by atoms with Gasteiger partial charge in [-0.25, -0.2) is 0 Å². The molecule has 0 aromatic heterocycles. The molecule has 0 amide bonds. The number of quaternary nitrogens is 1. The maximum Gasteiger partial charge on any atom is 0.133 e. The van der Waals surface area contributed by atoms with Gasteiger partial charge < -0.3 is 4.48 Å². The number of nitrogens with zero attached hydrogens (tertiary/aromatic N) is 1. The number of hydrogen-bond acceptors (Lipinski definition) is 1. The van der Waals surface area contributed by atoms with Crippen LogP contribution in [0.15, 0.2) is 12.2 Å². The van der Waals surface area contributed by atoms with Crippen LogP contribution in [0.25, 0.3) is 0 Å². The fourth-order valence-electron chi connectivity index (χ4n) is 3.98. The van der Waals surface area contributed by atoms with Crippen LogP contribution < -0.4 is 0 Å². The number of rotatable bonds is 23. The Kier molecular flexibility index (Phi) is 21.1. The van der Waals surface area contributed by atoms with E-state index in [1.54, 1.807) is 0 Å². The second-order valence-corrected chi connectivity index (χ2v) is 10.4. The highest BCUT2D eigenvalue weighted by molar-refractivity contribution is 5.78. The molecule has 0 fully saturated rings. The topological polar surface area (TPSA) is 17.1 Å². The molecule has 30 heavy (non-hydrogen) atoms. The fourth-order valence-corrected chi connectivity index (χ4v) is 3.98. The van der Waals surface area contributed by atoms with Crippen LogP contribution in [0.1, 0.15) is 135 Å². The van der Waals surface area contributed by atoms with Crippen molar-refractivity contribution < 1.29 is 9.28 Å². The van der Waals surface area contributed by atoms with Crippen molar-refractivity contribution >= 4 is 5.78 Å². The van der Waals surface area contributed by atoms with Gasteiger partial charge in [-0.1, -0.05) is 96.1 Å². The summed E-state index contributed by atoms with van der Waals surface area (Å²) in [5.74, 6) is 0.476. The van der Waals surface area contributed by atoms with Crippen molar-refractivity contribution in [3.63, 3.8) is 0 Å². The normalized spacial score (nSPS) is 12.1. The molecule has 0 aliphatic rings. The molecule has 0 unspecified atom stereocenters. The minimum atomic E-state index is 0.476. The van der Waals surface area contributed by atoms with Gasteiger partial charge in [0.1, 0.15) is 5.78 Å². The number of hydrogen-bond donors (Lipinski definition) is 0. The molecule has 0 bridgehead atoms. The third-order valence-electron chi connectivity index (χ3n) is 6.00. The van der Waals surface area contributed by atoms with E-state index in [4.69, 9.17) is 0 Å². The van der Waals surface area contributed by atoms with Gasteiger partial charge in [-0.05, 0) is 32.1 Å². The third-order valence-corrected chi connectivity index (χ3v) is 6.00. The number of Topliss-reactive ketones (excluding diaryl/α,β-unsaturated/α-hetero) is 1. The van der Waals surface area contributed by atoms with E-state index in [1.165, 1.54) is 103 Å². The molecule has 0 aromatic rings. The number of carbonyl (C=O) groups excluding carboxylic acids is 1. The van der Waals surface area contributed by atoms with Crippen molar-refractivity contribution in [2.24, 2.45) is 0 Å². The average molecular weight is 423 g/mol. The molecule has 2 heteroatoms. The summed E-state index contributed by atoms with van der Waals surface area (Å²) in [6, 6.07) is 0. The largest absolute Gasteiger partial charge is 0.331 e. The molecule has 0 atom stereocenters. The van der Waals surface area contributed by atoms with Crippen LogP contribution in [-0.4, -0.2) is 38.0 Å². The maximum absolute atomic E-state index is 11.9. The molecule has 0 N–H and O–H groups in total. The average Bonchev–Trinajstić information content (AvgIpc) is 2.68. The number of carbonyl (C=O) groups is 1. The SMILES string of the molecule is CCCCCCCC/C=C\CCCCCCCCCCCC(=O)CCC[N+](C)(C)C. The van der Waals surface area contributed by atoms with E-state index in [-0.39, 0.29) is 0 Å². The van der Waals surface area contributed by atoms with E-state index in [1.807, 2.05) is 0 Å². The van der Waals surface area contributed by atoms with Gasteiger partial charge in [-0.2, -0.15) is 0 Å². The second-order valence-electron chi connectivity index (χ2n) is 10.4. The van der Waals surface area contributed by atoms with E-state index in [2.05, 4.69) is 40.2 Å². The molecule has 0 radical (unpaired) electrons. The van der Waals surface area contributed by atoms with Crippen molar-refractivity contribution in [1.82, 2.24) is 0 Å². The van der Waals surface area contributed by atoms with Gasteiger partial charge in [-0.3, -0.25) is 4.79 Å². The molecule has 178 valence electrons. The number of ketones is 1. The highest BCUT2D eigenvalue weighted by atomic mass is 16.1. The molecular weight excluding hydrogens is 366 g/mol. The highest BCUT2D eigenvalue weighted by Crippen LogP contribution is 2.13. The molecule has 0 aliphatic carbocycles. The summed E-state index contributed by atoms with van der Waals surface area (Å²) >= 11 is 0. The van der Waals surface area contributed by atoms with Crippen LogP contribution in [0, 0.1) is 0 Å². The molecule has 0 heterocycles. The molecule has 0 aliphatic heterocycles. The van der Waals surface area contributed by atoms with E-state index >= 15 is 0 Å². The Morgan fingerprint density at radius 2 is 0.967 bits per heavy atom. The van der Waals surface area contributed by atoms with Crippen LogP contribution in [0.5, 0.6) is 0 Å². The third kappa shape index (κ3) is 25.4. The van der Waals surface area contributed by atoms with Crippen LogP contribution in [0.4, 0.5) is 0 Å². The van der Waals surface area contributed by atoms with E-state index < -0.39 is 0 Å². The Morgan fingerprint density at radius 1 is 0.567 bits per heavy atom. The van der Waals surface area contributed by atoms with Gasteiger partial charge in [0.25, 0.3) is 0 Å². The maximum atomic E-state index is 11.9. The van der Waals surface area contributed by atoms with Crippen LogP contribution >= 0.6 is 0 Å². The van der Waals surface area contributed by atoms with Crippen LogP contribution in [0.3, 0.4) is 0 Å². The summed E-state index contributed by atoms with van der Waals surface area (Å²) in [5, 5.41) is 0. The highest BCUT2D eigenvalue weighted by Gasteiger charge is 2.08. The molecule has 0 aromatic carbocycles. The van der Waals surface area contributed by atoms with Gasteiger partial charge >= 0.3 is 0 Å². The lowest BCUT2D eigenvalue weighted by Crippen LogP contribution is -2.35. The van der Waals surface area contributed by atoms with Crippen molar-refractivity contribution in [3.05, 3.63) is 12.2 Å². The van der Waals surface area contributed by atoms with Crippen molar-refractivity contribution in [2.45, 2.75) is 135 Å². The molecular formula is C28H56NO+. The number of unbranched alkanes of at least 4 members (excludes halogenated alkanes) is 15. The lowest BCUT2D eigenvalue weighted by molar-refractivity contribution is -0.870. The summed E-state index contributed by atoms with van der Waals surface area (Å²) in [6.07, 6.45) is 30.4. The first-order valence-corrected chi connectivity index (χ1v) is 13.4. The minimum absolute atomic E-state index is 0.476. The predicted molar refractivity (Wildman–Crippen MR) is 135 cm³/mol. The summed E-state index contributed by atoms with van der Waals surface area (Å²) in [5.41, 5.74) is 0. The smallest absolute Gasteiger partial charge is 0.133 e. The zero-order valence-electron chi connectivity index (χ0n) is 21.4. The second kappa shape index (κ2) is 21.6. The van der Waals surface area contributed by atoms with E-state index in [0.29, 0.717) is 5.78 Å². The zero-order chi connectivity index (χ0) is 22.3. The van der Waals surface area contributed by atoms with Gasteiger partial charge in [0.2, 0.25) is 0 Å². The van der Waals surface area contributed by atoms with Gasteiger partial charge in [0.05, 0.1) is 27.7 Å². The van der Waals surface area contributed by atoms with E-state index in [0.717, 1.165) is 36.7 Å². The van der Waals surface area contributed by atoms with Crippen LogP contribution in [0.2, 0.25) is 0 Å². The lowest BCUT2D eigenvalue weighted by atomic mass is 10.0. The first-order valence-electron chi connectivity index (χ1n) is 13.4. The Balaban J connectivity index is 3.21. The van der Waals surface area contributed by atoms with Gasteiger partial charge in [0.15, 0.2) is 0 Å². The molecule has 0 saturated heterocycles. The molecule has 0 spiro atoms. The number of allylic oxidation sites excluding steroid dienone is 2. The minimum Gasteiger partial charge on any atom is -0.331 e. The molecule has 0 rings (SSSR count). The zero-order valence-corrected chi connectivity index (χ0v) is 21.4. The van der Waals surface area contributed by atoms with E-state index in [9.17, 15) is 4.79 Å². The van der Waals surface area contributed by atoms with Crippen molar-refractivity contribution in [1.29, 1.82) is 0 Å².